The van der Waals surface area contributed by atoms with E-state index < -0.39 is 17.7 Å². The molecule has 0 heterocycles. The van der Waals surface area contributed by atoms with E-state index in [1.54, 1.807) is 13.0 Å². The average molecular weight is 295 g/mol. The van der Waals surface area contributed by atoms with Gasteiger partial charge >= 0.3 is 5.97 Å². The minimum atomic E-state index is -0.806. The maximum atomic E-state index is 13.6. The second kappa shape index (κ2) is 8.39. The highest BCUT2D eigenvalue weighted by atomic mass is 19.1. The van der Waals surface area contributed by atoms with Gasteiger partial charge in [-0.05, 0) is 43.4 Å². The van der Waals surface area contributed by atoms with Crippen LogP contribution in [0, 0.1) is 18.7 Å². The summed E-state index contributed by atoms with van der Waals surface area (Å²) in [6, 6.07) is 4.50. The number of carboxylic acid groups (broad SMARTS) is 1. The largest absolute Gasteiger partial charge is 0.481 e. The Balaban J connectivity index is 2.43. The fourth-order valence-corrected chi connectivity index (χ4v) is 2.17. The van der Waals surface area contributed by atoms with E-state index in [9.17, 15) is 14.0 Å². The number of benzene rings is 1. The van der Waals surface area contributed by atoms with Crippen molar-refractivity contribution in [1.82, 2.24) is 5.32 Å². The van der Waals surface area contributed by atoms with Crippen LogP contribution >= 0.6 is 0 Å². The first-order valence-electron chi connectivity index (χ1n) is 7.20. The molecule has 1 amide bonds. The van der Waals surface area contributed by atoms with Crippen molar-refractivity contribution < 1.29 is 19.1 Å². The molecule has 0 aromatic heterocycles. The molecular weight excluding hydrogens is 273 g/mol. The van der Waals surface area contributed by atoms with Crippen LogP contribution in [-0.4, -0.2) is 23.5 Å². The lowest BCUT2D eigenvalue weighted by Gasteiger charge is -2.14. The zero-order chi connectivity index (χ0) is 15.8. The van der Waals surface area contributed by atoms with Gasteiger partial charge in [0.25, 0.3) is 5.91 Å². The molecule has 0 spiro atoms. The molecule has 1 atom stereocenters. The molecule has 0 saturated heterocycles. The predicted octanol–water partition coefficient (Wildman–Crippen LogP) is 3.15. The molecule has 1 aromatic carbocycles. The molecule has 1 rings (SSSR count). The summed E-state index contributed by atoms with van der Waals surface area (Å²) in [6.07, 6.45) is 2.30. The van der Waals surface area contributed by atoms with E-state index in [1.807, 2.05) is 6.92 Å². The number of carbonyl (C=O) groups excluding carboxylic acids is 1. The van der Waals surface area contributed by atoms with Gasteiger partial charge in [-0.2, -0.15) is 0 Å². The lowest BCUT2D eigenvalue weighted by molar-refractivity contribution is -0.137. The number of hydrogen-bond acceptors (Lipinski definition) is 2. The van der Waals surface area contributed by atoms with Gasteiger partial charge in [0.15, 0.2) is 0 Å². The average Bonchev–Trinajstić information content (AvgIpc) is 2.42. The van der Waals surface area contributed by atoms with Crippen LogP contribution in [0.2, 0.25) is 0 Å². The van der Waals surface area contributed by atoms with Crippen LogP contribution in [0.25, 0.3) is 0 Å². The van der Waals surface area contributed by atoms with Crippen molar-refractivity contribution in [2.24, 2.45) is 5.92 Å². The normalized spacial score (nSPS) is 12.0. The zero-order valence-corrected chi connectivity index (χ0v) is 12.5. The fourth-order valence-electron chi connectivity index (χ4n) is 2.17. The van der Waals surface area contributed by atoms with Crippen LogP contribution in [0.4, 0.5) is 4.39 Å². The minimum absolute atomic E-state index is 0.0409. The van der Waals surface area contributed by atoms with Crippen LogP contribution in [0.1, 0.15) is 48.5 Å². The van der Waals surface area contributed by atoms with E-state index in [-0.39, 0.29) is 17.9 Å². The van der Waals surface area contributed by atoms with Crippen molar-refractivity contribution in [3.63, 3.8) is 0 Å². The number of amides is 1. The summed E-state index contributed by atoms with van der Waals surface area (Å²) >= 11 is 0. The number of carbonyl (C=O) groups is 2. The van der Waals surface area contributed by atoms with Crippen molar-refractivity contribution in [2.75, 3.05) is 6.54 Å². The van der Waals surface area contributed by atoms with Crippen molar-refractivity contribution in [1.29, 1.82) is 0 Å². The number of nitrogens with one attached hydrogen (secondary N) is 1. The van der Waals surface area contributed by atoms with Gasteiger partial charge in [-0.1, -0.05) is 19.4 Å². The molecule has 0 radical (unpaired) electrons. The van der Waals surface area contributed by atoms with Gasteiger partial charge < -0.3 is 10.4 Å². The standard InChI is InChI=1S/C16H22FNO3/c1-3-12(5-7-15(19)20)8-9-18-16(21)13-6-4-11(2)10-14(13)17/h4,6,10,12H,3,5,7-9H2,1-2H3,(H,18,21)(H,19,20). The van der Waals surface area contributed by atoms with E-state index in [2.05, 4.69) is 5.32 Å². The Bertz CT molecular complexity index is 502. The predicted molar refractivity (Wildman–Crippen MR) is 78.7 cm³/mol. The molecule has 0 aliphatic rings. The number of halogens is 1. The van der Waals surface area contributed by atoms with Gasteiger partial charge in [-0.3, -0.25) is 9.59 Å². The lowest BCUT2D eigenvalue weighted by Crippen LogP contribution is -2.27. The topological polar surface area (TPSA) is 66.4 Å². The zero-order valence-electron chi connectivity index (χ0n) is 12.5. The third kappa shape index (κ3) is 5.94. The second-order valence-electron chi connectivity index (χ2n) is 5.23. The molecule has 0 bridgehead atoms. The second-order valence-corrected chi connectivity index (χ2v) is 5.23. The molecule has 1 aromatic rings. The van der Waals surface area contributed by atoms with Crippen LogP contribution in [0.15, 0.2) is 18.2 Å². The molecule has 116 valence electrons. The van der Waals surface area contributed by atoms with E-state index in [4.69, 9.17) is 5.11 Å². The quantitative estimate of drug-likeness (QED) is 0.774. The summed E-state index contributed by atoms with van der Waals surface area (Å²) in [5.74, 6) is -1.51. The SMILES string of the molecule is CCC(CCNC(=O)c1ccc(C)cc1F)CCC(=O)O. The summed E-state index contributed by atoms with van der Waals surface area (Å²) in [4.78, 5) is 22.4. The molecule has 2 N–H and O–H groups in total. The Labute approximate surface area is 124 Å². The molecule has 5 heteroatoms. The first kappa shape index (κ1) is 17.1. The molecule has 0 aliphatic heterocycles. The Morgan fingerprint density at radius 1 is 1.33 bits per heavy atom. The van der Waals surface area contributed by atoms with Crippen molar-refractivity contribution in [3.8, 4) is 0 Å². The van der Waals surface area contributed by atoms with Crippen molar-refractivity contribution in [3.05, 3.63) is 35.1 Å². The smallest absolute Gasteiger partial charge is 0.303 e. The molecule has 21 heavy (non-hydrogen) atoms. The summed E-state index contributed by atoms with van der Waals surface area (Å²) in [7, 11) is 0. The summed E-state index contributed by atoms with van der Waals surface area (Å²) in [5.41, 5.74) is 0.808. The van der Waals surface area contributed by atoms with Gasteiger partial charge in [-0.25, -0.2) is 4.39 Å². The molecule has 4 nitrogen and oxygen atoms in total. The maximum Gasteiger partial charge on any atom is 0.303 e. The van der Waals surface area contributed by atoms with E-state index in [1.165, 1.54) is 12.1 Å². The Morgan fingerprint density at radius 3 is 2.62 bits per heavy atom. The number of hydrogen-bond donors (Lipinski definition) is 2. The summed E-state index contributed by atoms with van der Waals surface area (Å²) < 4.78 is 13.6. The molecular formula is C16H22FNO3. The Hall–Kier alpha value is -1.91. The van der Waals surface area contributed by atoms with Gasteiger partial charge in [0.05, 0.1) is 5.56 Å². The van der Waals surface area contributed by atoms with E-state index in [0.717, 1.165) is 12.0 Å². The van der Waals surface area contributed by atoms with E-state index in [0.29, 0.717) is 19.4 Å². The van der Waals surface area contributed by atoms with Crippen molar-refractivity contribution >= 4 is 11.9 Å². The van der Waals surface area contributed by atoms with Crippen LogP contribution in [0.3, 0.4) is 0 Å². The van der Waals surface area contributed by atoms with Crippen LogP contribution in [0.5, 0.6) is 0 Å². The third-order valence-corrected chi connectivity index (χ3v) is 3.55. The first-order valence-corrected chi connectivity index (χ1v) is 7.20. The lowest BCUT2D eigenvalue weighted by atomic mass is 9.96. The van der Waals surface area contributed by atoms with Crippen molar-refractivity contribution in [2.45, 2.75) is 39.5 Å². The van der Waals surface area contributed by atoms with Gasteiger partial charge in [0.1, 0.15) is 5.82 Å². The monoisotopic (exact) mass is 295 g/mol. The molecule has 0 saturated carbocycles. The number of rotatable bonds is 8. The van der Waals surface area contributed by atoms with Gasteiger partial charge in [-0.15, -0.1) is 0 Å². The van der Waals surface area contributed by atoms with Gasteiger partial charge in [0.2, 0.25) is 0 Å². The first-order chi connectivity index (χ1) is 9.93. The Kier molecular flexibility index (Phi) is 6.85. The highest BCUT2D eigenvalue weighted by molar-refractivity contribution is 5.94. The summed E-state index contributed by atoms with van der Waals surface area (Å²) in [5, 5.41) is 11.3. The highest BCUT2D eigenvalue weighted by Crippen LogP contribution is 2.15. The fraction of sp³-hybridized carbons (Fsp3) is 0.500. The molecule has 1 unspecified atom stereocenters. The number of aryl methyl sites for hydroxylation is 1. The highest BCUT2D eigenvalue weighted by Gasteiger charge is 2.13. The third-order valence-electron chi connectivity index (χ3n) is 3.55. The van der Waals surface area contributed by atoms with Crippen LogP contribution in [-0.2, 0) is 4.79 Å². The Morgan fingerprint density at radius 2 is 2.05 bits per heavy atom. The maximum absolute atomic E-state index is 13.6. The number of aliphatic carboxylic acids is 1. The minimum Gasteiger partial charge on any atom is -0.481 e. The van der Waals surface area contributed by atoms with E-state index >= 15 is 0 Å². The summed E-state index contributed by atoms with van der Waals surface area (Å²) in [6.45, 7) is 4.18. The van der Waals surface area contributed by atoms with Gasteiger partial charge in [0, 0.05) is 13.0 Å². The molecule has 0 fully saturated rings. The molecule has 0 aliphatic carbocycles. The van der Waals surface area contributed by atoms with Crippen LogP contribution < -0.4 is 5.32 Å². The number of carboxylic acids is 1.